The molecule has 0 saturated heterocycles. The molecule has 1 aliphatic carbocycles. The van der Waals surface area contributed by atoms with Crippen LogP contribution in [0.15, 0.2) is 18.2 Å². The topological polar surface area (TPSA) is 79.9 Å². The first-order valence-electron chi connectivity index (χ1n) is 12.4. The number of alkyl halides is 3. The van der Waals surface area contributed by atoms with E-state index < -0.39 is 17.5 Å². The Kier molecular flexibility index (Phi) is 8.37. The number of benzene rings is 1. The molecule has 1 saturated carbocycles. The highest BCUT2D eigenvalue weighted by Gasteiger charge is 2.47. The zero-order valence-corrected chi connectivity index (χ0v) is 21.6. The summed E-state index contributed by atoms with van der Waals surface area (Å²) in [6.45, 7) is 7.33. The van der Waals surface area contributed by atoms with Gasteiger partial charge in [-0.3, -0.25) is 9.48 Å². The van der Waals surface area contributed by atoms with Crippen molar-refractivity contribution in [2.45, 2.75) is 72.5 Å². The molecule has 0 atom stereocenters. The lowest BCUT2D eigenvalue weighted by molar-refractivity contribution is -0.211. The molecular weight excluding hydrogens is 469 g/mol. The van der Waals surface area contributed by atoms with Crippen LogP contribution in [0.4, 0.5) is 13.2 Å². The third kappa shape index (κ3) is 5.85. The summed E-state index contributed by atoms with van der Waals surface area (Å²) in [5, 5.41) is 17.3. The van der Waals surface area contributed by atoms with E-state index >= 15 is 0 Å². The number of carbonyl (C=O) groups excluding carboxylic acids is 1. The van der Waals surface area contributed by atoms with E-state index in [1.807, 2.05) is 6.92 Å². The lowest BCUT2D eigenvalue weighted by atomic mass is 9.83. The van der Waals surface area contributed by atoms with Crippen LogP contribution < -0.4 is 10.1 Å². The van der Waals surface area contributed by atoms with Gasteiger partial charge in [-0.2, -0.15) is 23.5 Å². The van der Waals surface area contributed by atoms with Crippen LogP contribution in [0, 0.1) is 28.6 Å². The molecule has 1 aromatic heterocycles. The predicted octanol–water partition coefficient (Wildman–Crippen LogP) is 6.14. The second-order valence-electron chi connectivity index (χ2n) is 10.4. The first-order chi connectivity index (χ1) is 16.9. The number of methoxy groups -OCH3 is 1. The fourth-order valence-corrected chi connectivity index (χ4v) is 4.74. The maximum atomic E-state index is 13.4. The minimum atomic E-state index is -4.36. The number of aryl methyl sites for hydroxylation is 1. The summed E-state index contributed by atoms with van der Waals surface area (Å²) in [6.07, 6.45) is -0.153. The van der Waals surface area contributed by atoms with Gasteiger partial charge >= 0.3 is 6.18 Å². The summed E-state index contributed by atoms with van der Waals surface area (Å²) >= 11 is 0. The molecule has 36 heavy (non-hydrogen) atoms. The summed E-state index contributed by atoms with van der Waals surface area (Å²) < 4.78 is 47.3. The van der Waals surface area contributed by atoms with E-state index in [-0.39, 0.29) is 17.7 Å². The normalized spacial score (nSPS) is 18.5. The number of amides is 1. The number of hydrogen-bond acceptors (Lipinski definition) is 4. The van der Waals surface area contributed by atoms with Gasteiger partial charge in [0.1, 0.15) is 17.4 Å². The van der Waals surface area contributed by atoms with Crippen LogP contribution in [0.25, 0.3) is 11.3 Å². The van der Waals surface area contributed by atoms with Crippen LogP contribution in [0.2, 0.25) is 0 Å². The molecule has 0 aliphatic heterocycles. The van der Waals surface area contributed by atoms with Crippen molar-refractivity contribution >= 4 is 5.91 Å². The first kappa shape index (κ1) is 27.6. The molecular formula is C27H35F3N4O2. The van der Waals surface area contributed by atoms with Gasteiger partial charge in [0.25, 0.3) is 5.91 Å². The van der Waals surface area contributed by atoms with Crippen LogP contribution in [-0.2, 0) is 13.0 Å². The van der Waals surface area contributed by atoms with Gasteiger partial charge in [0.15, 0.2) is 5.69 Å². The SMILES string of the molecule is CCn1nc(C(=O)NCC2CCC(C)CC2)c(C#N)c1-c1ccc(CC(C)(C)C(F)(F)F)cc1OC. The Hall–Kier alpha value is -3.02. The third-order valence-corrected chi connectivity index (χ3v) is 7.20. The first-order valence-corrected chi connectivity index (χ1v) is 12.4. The summed E-state index contributed by atoms with van der Waals surface area (Å²) in [7, 11) is 1.43. The zero-order chi connectivity index (χ0) is 26.7. The van der Waals surface area contributed by atoms with Crippen molar-refractivity contribution in [3.05, 3.63) is 35.0 Å². The summed E-state index contributed by atoms with van der Waals surface area (Å²) in [4.78, 5) is 13.0. The molecule has 0 bridgehead atoms. The quantitative estimate of drug-likeness (QED) is 0.469. The largest absolute Gasteiger partial charge is 0.496 e. The highest BCUT2D eigenvalue weighted by Crippen LogP contribution is 2.42. The van der Waals surface area contributed by atoms with Crippen LogP contribution in [-0.4, -0.2) is 35.5 Å². The number of nitrogens with one attached hydrogen (secondary N) is 1. The molecule has 0 unspecified atom stereocenters. The lowest BCUT2D eigenvalue weighted by Crippen LogP contribution is -2.34. The second kappa shape index (κ2) is 10.9. The fourth-order valence-electron chi connectivity index (χ4n) is 4.74. The lowest BCUT2D eigenvalue weighted by Gasteiger charge is -2.28. The Morgan fingerprint density at radius 2 is 1.92 bits per heavy atom. The summed E-state index contributed by atoms with van der Waals surface area (Å²) in [6, 6.07) is 6.91. The predicted molar refractivity (Wildman–Crippen MR) is 132 cm³/mol. The Balaban J connectivity index is 1.91. The molecule has 1 aliphatic rings. The number of rotatable bonds is 8. The minimum absolute atomic E-state index is 0.0443. The highest BCUT2D eigenvalue weighted by molar-refractivity contribution is 5.97. The number of nitriles is 1. The van der Waals surface area contributed by atoms with Crippen LogP contribution in [0.5, 0.6) is 5.75 Å². The third-order valence-electron chi connectivity index (χ3n) is 7.20. The van der Waals surface area contributed by atoms with E-state index in [1.165, 1.54) is 7.11 Å². The summed E-state index contributed by atoms with van der Waals surface area (Å²) in [5.41, 5.74) is -0.383. The Labute approximate surface area is 210 Å². The molecule has 1 heterocycles. The van der Waals surface area contributed by atoms with Gasteiger partial charge in [0.2, 0.25) is 0 Å². The molecule has 0 radical (unpaired) electrons. The molecule has 9 heteroatoms. The van der Waals surface area contributed by atoms with E-state index in [0.29, 0.717) is 47.5 Å². The number of carbonyl (C=O) groups is 1. The van der Waals surface area contributed by atoms with Gasteiger partial charge in [-0.25, -0.2) is 0 Å². The Morgan fingerprint density at radius 3 is 2.47 bits per heavy atom. The second-order valence-corrected chi connectivity index (χ2v) is 10.4. The van der Waals surface area contributed by atoms with Crippen LogP contribution >= 0.6 is 0 Å². The number of halogens is 3. The number of nitrogens with zero attached hydrogens (tertiary/aromatic N) is 3. The van der Waals surface area contributed by atoms with Crippen molar-refractivity contribution in [2.24, 2.45) is 17.3 Å². The Bertz CT molecular complexity index is 1120. The van der Waals surface area contributed by atoms with Crippen molar-refractivity contribution in [3.8, 4) is 23.1 Å². The van der Waals surface area contributed by atoms with E-state index in [4.69, 9.17) is 4.74 Å². The van der Waals surface area contributed by atoms with Gasteiger partial charge < -0.3 is 10.1 Å². The molecule has 1 aromatic carbocycles. The van der Waals surface area contributed by atoms with Crippen molar-refractivity contribution in [3.63, 3.8) is 0 Å². The molecule has 0 spiro atoms. The van der Waals surface area contributed by atoms with Gasteiger partial charge in [0, 0.05) is 18.7 Å². The zero-order valence-electron chi connectivity index (χ0n) is 21.6. The van der Waals surface area contributed by atoms with E-state index in [1.54, 1.807) is 22.9 Å². The average molecular weight is 505 g/mol. The van der Waals surface area contributed by atoms with E-state index in [9.17, 15) is 23.2 Å². The van der Waals surface area contributed by atoms with E-state index in [0.717, 1.165) is 39.5 Å². The highest BCUT2D eigenvalue weighted by atomic mass is 19.4. The molecule has 3 rings (SSSR count). The molecule has 196 valence electrons. The van der Waals surface area contributed by atoms with Crippen LogP contribution in [0.1, 0.15) is 75.0 Å². The van der Waals surface area contributed by atoms with Crippen molar-refractivity contribution in [2.75, 3.05) is 13.7 Å². The maximum absolute atomic E-state index is 13.4. The molecule has 2 aromatic rings. The van der Waals surface area contributed by atoms with Crippen molar-refractivity contribution < 1.29 is 22.7 Å². The molecule has 6 nitrogen and oxygen atoms in total. The average Bonchev–Trinajstić information content (AvgIpc) is 3.21. The molecule has 1 amide bonds. The fraction of sp³-hybridized carbons (Fsp3) is 0.593. The van der Waals surface area contributed by atoms with Gasteiger partial charge in [-0.15, -0.1) is 0 Å². The number of ether oxygens (including phenoxy) is 1. The van der Waals surface area contributed by atoms with Crippen molar-refractivity contribution in [1.82, 2.24) is 15.1 Å². The minimum Gasteiger partial charge on any atom is -0.496 e. The monoisotopic (exact) mass is 504 g/mol. The molecule has 1 fully saturated rings. The smallest absolute Gasteiger partial charge is 0.394 e. The van der Waals surface area contributed by atoms with Gasteiger partial charge in [-0.05, 0) is 55.7 Å². The van der Waals surface area contributed by atoms with Crippen molar-refractivity contribution in [1.29, 1.82) is 5.26 Å². The van der Waals surface area contributed by atoms with Gasteiger partial charge in [0.05, 0.1) is 18.2 Å². The van der Waals surface area contributed by atoms with Gasteiger partial charge in [-0.1, -0.05) is 39.7 Å². The Morgan fingerprint density at radius 1 is 1.25 bits per heavy atom. The molecule has 1 N–H and O–H groups in total. The standard InChI is InChI=1S/C27H35F3N4O2/c1-6-34-24(20-12-11-19(13-22(20)36-5)14-26(3,4)27(28,29)30)21(15-31)23(33-34)25(35)32-16-18-9-7-17(2)8-10-18/h11-13,17-18H,6-10,14,16H2,1-5H3,(H,32,35). The van der Waals surface area contributed by atoms with E-state index in [2.05, 4.69) is 23.4 Å². The van der Waals surface area contributed by atoms with Crippen LogP contribution in [0.3, 0.4) is 0 Å². The maximum Gasteiger partial charge on any atom is 0.394 e. The summed E-state index contributed by atoms with van der Waals surface area (Å²) in [5.74, 6) is 1.05. The number of aromatic nitrogens is 2. The number of hydrogen-bond donors (Lipinski definition) is 1.